The minimum absolute atomic E-state index is 0.199. The molecule has 1 rings (SSSR count). The van der Waals surface area contributed by atoms with Crippen LogP contribution in [0.5, 0.6) is 0 Å². The number of benzene rings is 1. The topological polar surface area (TPSA) is 96.3 Å². The van der Waals surface area contributed by atoms with Crippen LogP contribution in [0.15, 0.2) is 24.3 Å². The molecule has 0 saturated heterocycles. The Hall–Kier alpha value is -1.91. The summed E-state index contributed by atoms with van der Waals surface area (Å²) in [5.41, 5.74) is 0.869. The second-order valence-corrected chi connectivity index (χ2v) is 5.50. The lowest BCUT2D eigenvalue weighted by Crippen LogP contribution is -2.31. The monoisotopic (exact) mass is 282 g/mol. The Morgan fingerprint density at radius 3 is 2.84 bits per heavy atom. The van der Waals surface area contributed by atoms with Crippen molar-refractivity contribution < 1.29 is 17.9 Å². The molecule has 0 aliphatic rings. The number of nitrogens with one attached hydrogen (secondary N) is 1. The summed E-state index contributed by atoms with van der Waals surface area (Å²) in [5.74, 6) is -0.918. The van der Waals surface area contributed by atoms with Crippen molar-refractivity contribution in [1.29, 1.82) is 5.26 Å². The van der Waals surface area contributed by atoms with Crippen molar-refractivity contribution in [2.75, 3.05) is 13.2 Å². The van der Waals surface area contributed by atoms with E-state index in [1.807, 2.05) is 6.07 Å². The molecule has 0 amide bonds. The van der Waals surface area contributed by atoms with Gasteiger partial charge in [-0.3, -0.25) is 4.79 Å². The molecule has 0 aliphatic heterocycles. The molecule has 1 N–H and O–H groups in total. The van der Waals surface area contributed by atoms with Crippen LogP contribution in [0.2, 0.25) is 0 Å². The Labute approximate surface area is 112 Å². The average Bonchev–Trinajstić information content (AvgIpc) is 2.37. The van der Waals surface area contributed by atoms with E-state index >= 15 is 0 Å². The Bertz CT molecular complexity index is 590. The van der Waals surface area contributed by atoms with Crippen molar-refractivity contribution in [3.8, 4) is 6.07 Å². The molecule has 102 valence electrons. The van der Waals surface area contributed by atoms with Crippen molar-refractivity contribution in [2.45, 2.75) is 12.7 Å². The highest BCUT2D eigenvalue weighted by molar-refractivity contribution is 7.88. The predicted molar refractivity (Wildman–Crippen MR) is 68.4 cm³/mol. The van der Waals surface area contributed by atoms with Gasteiger partial charge in [0.2, 0.25) is 10.0 Å². The van der Waals surface area contributed by atoms with E-state index < -0.39 is 22.5 Å². The molecule has 0 aliphatic carbocycles. The normalized spacial score (nSPS) is 10.7. The molecule has 0 bridgehead atoms. The van der Waals surface area contributed by atoms with E-state index in [9.17, 15) is 13.2 Å². The molecule has 7 heteroatoms. The van der Waals surface area contributed by atoms with E-state index in [4.69, 9.17) is 5.26 Å². The predicted octanol–water partition coefficient (Wildman–Crippen LogP) is 0.541. The van der Waals surface area contributed by atoms with Crippen LogP contribution in [0.4, 0.5) is 0 Å². The molecule has 0 atom stereocenters. The Balaban J connectivity index is 2.64. The van der Waals surface area contributed by atoms with E-state index in [1.165, 1.54) is 6.07 Å². The fraction of sp³-hybridized carbons (Fsp3) is 0.333. The highest BCUT2D eigenvalue weighted by Gasteiger charge is 2.14. The van der Waals surface area contributed by atoms with Crippen molar-refractivity contribution in [2.24, 2.45) is 0 Å². The van der Waals surface area contributed by atoms with E-state index in [1.54, 1.807) is 25.1 Å². The fourth-order valence-corrected chi connectivity index (χ4v) is 2.44. The van der Waals surface area contributed by atoms with E-state index in [0.717, 1.165) is 0 Å². The SMILES string of the molecule is CCOC(=O)CNS(=O)(=O)Cc1cccc(C#N)c1. The third-order valence-corrected chi connectivity index (χ3v) is 3.45. The van der Waals surface area contributed by atoms with Crippen molar-refractivity contribution in [1.82, 2.24) is 4.72 Å². The number of rotatable bonds is 6. The van der Waals surface area contributed by atoms with Crippen LogP contribution in [0.3, 0.4) is 0 Å². The first-order valence-electron chi connectivity index (χ1n) is 5.59. The number of ether oxygens (including phenoxy) is 1. The first kappa shape index (κ1) is 15.1. The maximum absolute atomic E-state index is 11.7. The first-order valence-corrected chi connectivity index (χ1v) is 7.24. The zero-order valence-electron chi connectivity index (χ0n) is 10.4. The lowest BCUT2D eigenvalue weighted by Gasteiger charge is -2.06. The van der Waals surface area contributed by atoms with Crippen molar-refractivity contribution in [3.05, 3.63) is 35.4 Å². The maximum Gasteiger partial charge on any atom is 0.320 e. The summed E-state index contributed by atoms with van der Waals surface area (Å²) >= 11 is 0. The molecule has 0 saturated carbocycles. The van der Waals surface area contributed by atoms with E-state index in [0.29, 0.717) is 11.1 Å². The van der Waals surface area contributed by atoms with E-state index in [2.05, 4.69) is 9.46 Å². The number of carbonyl (C=O) groups is 1. The van der Waals surface area contributed by atoms with Gasteiger partial charge in [-0.05, 0) is 24.6 Å². The molecule has 0 spiro atoms. The molecular formula is C12H14N2O4S. The highest BCUT2D eigenvalue weighted by atomic mass is 32.2. The van der Waals surface area contributed by atoms with Gasteiger partial charge in [-0.25, -0.2) is 13.1 Å². The third-order valence-electron chi connectivity index (χ3n) is 2.15. The molecule has 0 fully saturated rings. The van der Waals surface area contributed by atoms with E-state index in [-0.39, 0.29) is 12.4 Å². The zero-order chi connectivity index (χ0) is 14.3. The summed E-state index contributed by atoms with van der Waals surface area (Å²) in [4.78, 5) is 11.1. The smallest absolute Gasteiger partial charge is 0.320 e. The van der Waals surface area contributed by atoms with Gasteiger partial charge in [-0.15, -0.1) is 0 Å². The number of hydrogen-bond donors (Lipinski definition) is 1. The van der Waals surface area contributed by atoms with Gasteiger partial charge >= 0.3 is 5.97 Å². The van der Waals surface area contributed by atoms with Crippen LogP contribution in [-0.4, -0.2) is 27.5 Å². The van der Waals surface area contributed by atoms with Gasteiger partial charge in [0, 0.05) is 0 Å². The third kappa shape index (κ3) is 5.50. The minimum Gasteiger partial charge on any atom is -0.465 e. The molecule has 1 aromatic carbocycles. The van der Waals surface area contributed by atoms with Gasteiger partial charge in [0.05, 0.1) is 24.0 Å². The van der Waals surface area contributed by atoms with Crippen LogP contribution in [-0.2, 0) is 25.3 Å². The number of sulfonamides is 1. The van der Waals surface area contributed by atoms with Gasteiger partial charge in [-0.2, -0.15) is 5.26 Å². The summed E-state index contributed by atoms with van der Waals surface area (Å²) < 4.78 is 30.2. The summed E-state index contributed by atoms with van der Waals surface area (Å²) in [7, 11) is -3.63. The summed E-state index contributed by atoms with van der Waals surface area (Å²) in [6.07, 6.45) is 0. The standard InChI is InChI=1S/C12H14N2O4S/c1-2-18-12(15)8-14-19(16,17)9-11-5-3-4-10(6-11)7-13/h3-6,14H,2,8-9H2,1H3. The molecule has 1 aromatic rings. The van der Waals surface area contributed by atoms with Crippen LogP contribution >= 0.6 is 0 Å². The second-order valence-electron chi connectivity index (χ2n) is 3.70. The molecule has 6 nitrogen and oxygen atoms in total. The van der Waals surface area contributed by atoms with Gasteiger partial charge in [0.15, 0.2) is 0 Å². The summed E-state index contributed by atoms with van der Waals surface area (Å²) in [6.45, 7) is 1.44. The fourth-order valence-electron chi connectivity index (χ4n) is 1.38. The molecular weight excluding hydrogens is 268 g/mol. The van der Waals surface area contributed by atoms with Crippen LogP contribution in [0, 0.1) is 11.3 Å². The molecule has 0 unspecified atom stereocenters. The largest absolute Gasteiger partial charge is 0.465 e. The average molecular weight is 282 g/mol. The maximum atomic E-state index is 11.7. The second kappa shape index (κ2) is 6.87. The minimum atomic E-state index is -3.63. The molecule has 0 radical (unpaired) electrons. The van der Waals surface area contributed by atoms with Gasteiger partial charge in [0.25, 0.3) is 0 Å². The first-order chi connectivity index (χ1) is 8.96. The van der Waals surface area contributed by atoms with Gasteiger partial charge in [0.1, 0.15) is 6.54 Å². The molecule has 0 heterocycles. The van der Waals surface area contributed by atoms with Crippen LogP contribution in [0.1, 0.15) is 18.1 Å². The van der Waals surface area contributed by atoms with Gasteiger partial charge in [-0.1, -0.05) is 12.1 Å². The lowest BCUT2D eigenvalue weighted by atomic mass is 10.2. The summed E-state index contributed by atoms with van der Waals surface area (Å²) in [6, 6.07) is 8.21. The van der Waals surface area contributed by atoms with Crippen molar-refractivity contribution >= 4 is 16.0 Å². The number of carbonyl (C=O) groups excluding carboxylic acids is 1. The number of esters is 1. The van der Waals surface area contributed by atoms with Crippen LogP contribution < -0.4 is 4.72 Å². The van der Waals surface area contributed by atoms with Crippen LogP contribution in [0.25, 0.3) is 0 Å². The number of nitriles is 1. The Morgan fingerprint density at radius 2 is 2.21 bits per heavy atom. The van der Waals surface area contributed by atoms with Crippen molar-refractivity contribution in [3.63, 3.8) is 0 Å². The Kier molecular flexibility index (Phi) is 5.48. The Morgan fingerprint density at radius 1 is 1.47 bits per heavy atom. The highest BCUT2D eigenvalue weighted by Crippen LogP contribution is 2.07. The van der Waals surface area contributed by atoms with Gasteiger partial charge < -0.3 is 4.74 Å². The quantitative estimate of drug-likeness (QED) is 0.768. The molecule has 19 heavy (non-hydrogen) atoms. The lowest BCUT2D eigenvalue weighted by molar-refractivity contribution is -0.141. The number of hydrogen-bond acceptors (Lipinski definition) is 5. The summed E-state index contributed by atoms with van der Waals surface area (Å²) in [5, 5.41) is 8.72. The zero-order valence-corrected chi connectivity index (χ0v) is 11.2. The number of nitrogens with zero attached hydrogens (tertiary/aromatic N) is 1. The molecule has 0 aromatic heterocycles.